The van der Waals surface area contributed by atoms with Crippen LogP contribution in [0.5, 0.6) is 0 Å². The maximum atomic E-state index is 12.8. The summed E-state index contributed by atoms with van der Waals surface area (Å²) in [5.74, 6) is 0.0321. The average molecular weight is 396 g/mol. The lowest BCUT2D eigenvalue weighted by Crippen LogP contribution is -2.18. The van der Waals surface area contributed by atoms with Gasteiger partial charge in [-0.3, -0.25) is 4.79 Å². The highest BCUT2D eigenvalue weighted by Gasteiger charge is 2.30. The Bertz CT molecular complexity index is 1080. The highest BCUT2D eigenvalue weighted by atomic mass is 32.2. The summed E-state index contributed by atoms with van der Waals surface area (Å²) >= 11 is 0. The second kappa shape index (κ2) is 7.59. The molecular formula is C21H20N2O4S. The van der Waals surface area contributed by atoms with Crippen LogP contribution in [0.2, 0.25) is 0 Å². The highest BCUT2D eigenvalue weighted by Crippen LogP contribution is 2.30. The Labute approximate surface area is 163 Å². The summed E-state index contributed by atoms with van der Waals surface area (Å²) in [5.41, 5.74) is 1.36. The number of amides is 1. The monoisotopic (exact) mass is 396 g/mol. The summed E-state index contributed by atoms with van der Waals surface area (Å²) in [4.78, 5) is 12.7. The Morgan fingerprint density at radius 1 is 1.00 bits per heavy atom. The van der Waals surface area contributed by atoms with Crippen molar-refractivity contribution < 1.29 is 17.7 Å². The zero-order valence-electron chi connectivity index (χ0n) is 15.2. The molecule has 1 aliphatic carbocycles. The van der Waals surface area contributed by atoms with Gasteiger partial charge in [0.2, 0.25) is 0 Å². The largest absolute Gasteiger partial charge is 0.355 e. The minimum atomic E-state index is -3.38. The molecule has 1 N–H and O–H groups in total. The van der Waals surface area contributed by atoms with Crippen molar-refractivity contribution in [2.45, 2.75) is 35.8 Å². The van der Waals surface area contributed by atoms with E-state index in [1.54, 1.807) is 24.3 Å². The van der Waals surface area contributed by atoms with Crippen molar-refractivity contribution in [2.75, 3.05) is 5.32 Å². The van der Waals surface area contributed by atoms with E-state index in [9.17, 15) is 13.2 Å². The van der Waals surface area contributed by atoms with E-state index >= 15 is 0 Å². The van der Waals surface area contributed by atoms with Crippen LogP contribution in [-0.4, -0.2) is 24.7 Å². The third-order valence-electron chi connectivity index (χ3n) is 4.96. The lowest BCUT2D eigenvalue weighted by atomic mass is 10.1. The number of benzene rings is 2. The maximum absolute atomic E-state index is 12.8. The van der Waals surface area contributed by atoms with Crippen LogP contribution in [0.1, 0.15) is 36.2 Å². The first-order chi connectivity index (χ1) is 13.5. The molecule has 28 heavy (non-hydrogen) atoms. The number of carbonyl (C=O) groups excluding carboxylic acids is 1. The van der Waals surface area contributed by atoms with Gasteiger partial charge < -0.3 is 9.84 Å². The van der Waals surface area contributed by atoms with Crippen LogP contribution in [0.25, 0.3) is 11.3 Å². The van der Waals surface area contributed by atoms with E-state index in [1.807, 2.05) is 30.3 Å². The van der Waals surface area contributed by atoms with Crippen LogP contribution in [0.15, 0.2) is 70.1 Å². The van der Waals surface area contributed by atoms with E-state index < -0.39 is 15.7 Å². The molecule has 0 radical (unpaired) electrons. The number of nitrogens with zero attached hydrogens (tertiary/aromatic N) is 1. The fraction of sp³-hybridized carbons (Fsp3) is 0.238. The van der Waals surface area contributed by atoms with Gasteiger partial charge in [-0.05, 0) is 31.0 Å². The van der Waals surface area contributed by atoms with Crippen LogP contribution >= 0.6 is 0 Å². The molecular weight excluding hydrogens is 376 g/mol. The first-order valence-electron chi connectivity index (χ1n) is 9.21. The van der Waals surface area contributed by atoms with E-state index in [2.05, 4.69) is 10.5 Å². The normalized spacial score (nSPS) is 14.9. The summed E-state index contributed by atoms with van der Waals surface area (Å²) in [6.07, 6.45) is 3.27. The molecule has 144 valence electrons. The minimum absolute atomic E-state index is 0.128. The molecule has 1 saturated carbocycles. The molecule has 0 unspecified atom stereocenters. The molecule has 0 saturated heterocycles. The molecule has 7 heteroatoms. The van der Waals surface area contributed by atoms with Crippen molar-refractivity contribution in [1.29, 1.82) is 0 Å². The van der Waals surface area contributed by atoms with Crippen LogP contribution in [-0.2, 0) is 9.84 Å². The van der Waals surface area contributed by atoms with E-state index in [0.717, 1.165) is 18.4 Å². The van der Waals surface area contributed by atoms with Gasteiger partial charge in [0.1, 0.15) is 0 Å². The summed E-state index contributed by atoms with van der Waals surface area (Å²) in [5, 5.41) is 6.19. The first-order valence-corrected chi connectivity index (χ1v) is 10.8. The number of hydrogen-bond donors (Lipinski definition) is 1. The van der Waals surface area contributed by atoms with Gasteiger partial charge in [0.05, 0.1) is 10.1 Å². The molecule has 2 aromatic carbocycles. The van der Waals surface area contributed by atoms with Crippen molar-refractivity contribution in [1.82, 2.24) is 5.16 Å². The Kier molecular flexibility index (Phi) is 5.00. The van der Waals surface area contributed by atoms with Crippen LogP contribution in [0, 0.1) is 0 Å². The Balaban J connectivity index is 1.52. The van der Waals surface area contributed by atoms with Gasteiger partial charge in [0.15, 0.2) is 21.3 Å². The smallest absolute Gasteiger partial charge is 0.277 e. The predicted octanol–water partition coefficient (Wildman–Crippen LogP) is 4.31. The topological polar surface area (TPSA) is 89.3 Å². The Morgan fingerprint density at radius 3 is 2.50 bits per heavy atom. The van der Waals surface area contributed by atoms with Gasteiger partial charge >= 0.3 is 0 Å². The lowest BCUT2D eigenvalue weighted by Gasteiger charge is -2.12. The van der Waals surface area contributed by atoms with E-state index in [-0.39, 0.29) is 15.8 Å². The van der Waals surface area contributed by atoms with Crippen molar-refractivity contribution >= 4 is 21.4 Å². The summed E-state index contributed by atoms with van der Waals surface area (Å²) < 4.78 is 30.8. The van der Waals surface area contributed by atoms with Crippen molar-refractivity contribution in [3.8, 4) is 11.3 Å². The average Bonchev–Trinajstić information content (AvgIpc) is 3.41. The van der Waals surface area contributed by atoms with Gasteiger partial charge in [0.25, 0.3) is 5.91 Å². The number of anilines is 1. The molecule has 1 aromatic heterocycles. The van der Waals surface area contributed by atoms with Gasteiger partial charge in [-0.15, -0.1) is 0 Å². The quantitative estimate of drug-likeness (QED) is 0.694. The maximum Gasteiger partial charge on any atom is 0.277 e. The third-order valence-corrected chi connectivity index (χ3v) is 7.22. The Hall–Kier alpha value is -2.93. The Morgan fingerprint density at radius 2 is 1.75 bits per heavy atom. The van der Waals surface area contributed by atoms with Gasteiger partial charge in [-0.1, -0.05) is 54.4 Å². The second-order valence-corrected chi connectivity index (χ2v) is 9.10. The van der Waals surface area contributed by atoms with Crippen molar-refractivity contribution in [2.24, 2.45) is 0 Å². The van der Waals surface area contributed by atoms with Crippen LogP contribution in [0.4, 0.5) is 5.69 Å². The number of carbonyl (C=O) groups is 1. The molecule has 1 aliphatic rings. The number of nitrogens with one attached hydrogen (secondary N) is 1. The molecule has 4 rings (SSSR count). The SMILES string of the molecule is O=C(Nc1cccc(S(=O)(=O)C2CCCC2)c1)c1cc(-c2ccccc2)on1. The molecule has 1 heterocycles. The zero-order valence-corrected chi connectivity index (χ0v) is 16.0. The second-order valence-electron chi connectivity index (χ2n) is 6.88. The third kappa shape index (κ3) is 3.71. The first kappa shape index (κ1) is 18.4. The summed E-state index contributed by atoms with van der Waals surface area (Å²) in [6.45, 7) is 0. The number of hydrogen-bond acceptors (Lipinski definition) is 5. The number of rotatable bonds is 5. The van der Waals surface area contributed by atoms with E-state index in [1.165, 1.54) is 6.07 Å². The molecule has 1 fully saturated rings. The van der Waals surface area contributed by atoms with Gasteiger partial charge in [-0.2, -0.15) is 0 Å². The summed E-state index contributed by atoms with van der Waals surface area (Å²) in [7, 11) is -3.38. The van der Waals surface area contributed by atoms with Crippen molar-refractivity contribution in [3.63, 3.8) is 0 Å². The lowest BCUT2D eigenvalue weighted by molar-refractivity contribution is 0.101. The van der Waals surface area contributed by atoms with Crippen LogP contribution in [0.3, 0.4) is 0 Å². The molecule has 0 atom stereocenters. The zero-order chi connectivity index (χ0) is 19.6. The number of sulfone groups is 1. The number of aromatic nitrogens is 1. The van der Waals surface area contributed by atoms with Crippen LogP contribution < -0.4 is 5.32 Å². The molecule has 1 amide bonds. The summed E-state index contributed by atoms with van der Waals surface area (Å²) in [6, 6.07) is 17.3. The molecule has 0 aliphatic heterocycles. The highest BCUT2D eigenvalue weighted by molar-refractivity contribution is 7.92. The standard InChI is InChI=1S/C21H20N2O4S/c24-21(19-14-20(27-23-19)15-7-2-1-3-8-15)22-16-9-6-12-18(13-16)28(25,26)17-10-4-5-11-17/h1-3,6-9,12-14,17H,4-5,10-11H2,(H,22,24). The molecule has 0 bridgehead atoms. The van der Waals surface area contributed by atoms with Gasteiger partial charge in [-0.25, -0.2) is 8.42 Å². The fourth-order valence-electron chi connectivity index (χ4n) is 3.46. The van der Waals surface area contributed by atoms with E-state index in [0.29, 0.717) is 24.3 Å². The fourth-order valence-corrected chi connectivity index (χ4v) is 5.36. The molecule has 6 nitrogen and oxygen atoms in total. The minimum Gasteiger partial charge on any atom is -0.355 e. The van der Waals surface area contributed by atoms with Crippen molar-refractivity contribution in [3.05, 3.63) is 66.4 Å². The van der Waals surface area contributed by atoms with Gasteiger partial charge in [0, 0.05) is 17.3 Å². The molecule has 0 spiro atoms. The van der Waals surface area contributed by atoms with E-state index in [4.69, 9.17) is 4.52 Å². The molecule has 3 aromatic rings. The predicted molar refractivity (Wildman–Crippen MR) is 106 cm³/mol.